The maximum Gasteiger partial charge on any atom is 0.327 e. The Kier molecular flexibility index (Phi) is 8.26. The van der Waals surface area contributed by atoms with Gasteiger partial charge in [-0.3, -0.25) is 14.3 Å². The molecular weight excluding hydrogens is 594 g/mol. The van der Waals surface area contributed by atoms with E-state index in [0.717, 1.165) is 53.8 Å². The van der Waals surface area contributed by atoms with Gasteiger partial charge in [-0.05, 0) is 43.9 Å². The molecule has 6 heterocycles. The summed E-state index contributed by atoms with van der Waals surface area (Å²) in [6.45, 7) is 3.58. The first kappa shape index (κ1) is 29.5. The summed E-state index contributed by atoms with van der Waals surface area (Å²) in [5.74, 6) is 0.834. The smallest absolute Gasteiger partial charge is 0.327 e. The molecule has 2 saturated heterocycles. The van der Waals surface area contributed by atoms with E-state index in [1.54, 1.807) is 17.1 Å². The number of amides is 1. The monoisotopic (exact) mass is 629 g/mol. The first-order chi connectivity index (χ1) is 22.0. The lowest BCUT2D eigenvalue weighted by Crippen LogP contribution is -2.43. The number of anilines is 1. The summed E-state index contributed by atoms with van der Waals surface area (Å²) in [5, 5.41) is 14.1. The van der Waals surface area contributed by atoms with Gasteiger partial charge in [0.1, 0.15) is 24.3 Å². The van der Waals surface area contributed by atoms with Gasteiger partial charge in [-0.15, -0.1) is 0 Å². The Labute approximate surface area is 264 Å². The number of aliphatic hydroxyl groups is 1. The number of piperidine rings is 2. The number of halogens is 1. The van der Waals surface area contributed by atoms with Crippen LogP contribution in [0.1, 0.15) is 31.7 Å². The zero-order valence-electron chi connectivity index (χ0n) is 24.9. The van der Waals surface area contributed by atoms with Gasteiger partial charge in [0.2, 0.25) is 5.91 Å². The maximum absolute atomic E-state index is 13.7. The van der Waals surface area contributed by atoms with E-state index in [4.69, 9.17) is 16.6 Å². The Morgan fingerprint density at radius 1 is 1.00 bits per heavy atom. The molecule has 7 rings (SSSR count). The van der Waals surface area contributed by atoms with Crippen LogP contribution in [0.2, 0.25) is 5.02 Å². The number of hydrogen-bond acceptors (Lipinski definition) is 8. The minimum atomic E-state index is -0.166. The molecule has 3 N–H and O–H groups in total. The number of aromatic amines is 1. The lowest BCUT2D eigenvalue weighted by Gasteiger charge is -2.33. The maximum atomic E-state index is 13.7. The van der Waals surface area contributed by atoms with Crippen LogP contribution < -0.4 is 15.9 Å². The molecule has 2 fully saturated rings. The van der Waals surface area contributed by atoms with Gasteiger partial charge in [0.25, 0.3) is 0 Å². The summed E-state index contributed by atoms with van der Waals surface area (Å²) in [7, 11) is 0. The molecule has 1 amide bonds. The van der Waals surface area contributed by atoms with E-state index in [2.05, 4.69) is 25.2 Å². The highest BCUT2D eigenvalue weighted by Gasteiger charge is 2.29. The van der Waals surface area contributed by atoms with Crippen molar-refractivity contribution in [3.8, 4) is 11.1 Å². The lowest BCUT2D eigenvalue weighted by atomic mass is 10.0. The van der Waals surface area contributed by atoms with Gasteiger partial charge in [0.15, 0.2) is 5.65 Å². The van der Waals surface area contributed by atoms with Crippen molar-refractivity contribution < 1.29 is 9.90 Å². The molecule has 0 spiro atoms. The van der Waals surface area contributed by atoms with Crippen LogP contribution in [0, 0.1) is 0 Å². The minimum absolute atomic E-state index is 0.0000619. The Balaban J connectivity index is 1.14. The number of rotatable bonds is 8. The van der Waals surface area contributed by atoms with Crippen LogP contribution in [0.15, 0.2) is 59.9 Å². The van der Waals surface area contributed by atoms with Crippen molar-refractivity contribution in [3.63, 3.8) is 0 Å². The van der Waals surface area contributed by atoms with E-state index in [9.17, 15) is 14.7 Å². The summed E-state index contributed by atoms with van der Waals surface area (Å²) < 4.78 is 3.70. The molecule has 5 aromatic rings. The summed E-state index contributed by atoms with van der Waals surface area (Å²) in [6.07, 6.45) is 8.44. The molecule has 13 heteroatoms. The standard InChI is InChI=1S/C32H36ClN9O3/c33-25-5-2-1-4-23(25)24-18-41(31-28(24)30(36-20-37-31)40-13-7-21(8-14-40)34-12-17-43)19-27(44)39-15-9-22(10-16-39)42-26-6-3-11-35-29(26)38-32(42)45/h1-6,11,18,20-22,34,43H,7-10,12-17,19H2,(H,35,38,45). The van der Waals surface area contributed by atoms with Crippen LogP contribution in [0.25, 0.3) is 33.3 Å². The molecule has 2 aliphatic heterocycles. The van der Waals surface area contributed by atoms with E-state index >= 15 is 0 Å². The number of carbonyl (C=O) groups excluding carboxylic acids is 1. The van der Waals surface area contributed by atoms with Crippen molar-refractivity contribution in [3.05, 3.63) is 70.6 Å². The van der Waals surface area contributed by atoms with Crippen molar-refractivity contribution >= 4 is 45.5 Å². The average molecular weight is 630 g/mol. The third-order valence-electron chi connectivity index (χ3n) is 9.11. The normalized spacial score (nSPS) is 16.7. The molecule has 2 aliphatic rings. The van der Waals surface area contributed by atoms with E-state index < -0.39 is 0 Å². The summed E-state index contributed by atoms with van der Waals surface area (Å²) in [6, 6.07) is 11.8. The molecule has 0 radical (unpaired) electrons. The quantitative estimate of drug-likeness (QED) is 0.238. The summed E-state index contributed by atoms with van der Waals surface area (Å²) in [4.78, 5) is 47.1. The zero-order valence-corrected chi connectivity index (χ0v) is 25.7. The molecule has 0 atom stereocenters. The SMILES string of the molecule is O=C(Cn1cc(-c2ccccc2Cl)c2c(N3CCC(NCCO)CC3)ncnc21)N1CCC(n2c(=O)[nH]c3ncccc32)CC1. The van der Waals surface area contributed by atoms with Crippen LogP contribution in [0.5, 0.6) is 0 Å². The van der Waals surface area contributed by atoms with Crippen LogP contribution in [0.4, 0.5) is 5.82 Å². The Hall–Kier alpha value is -4.26. The molecular formula is C32H36ClN9O3. The third kappa shape index (κ3) is 5.69. The molecule has 0 aliphatic carbocycles. The second kappa shape index (κ2) is 12.6. The molecule has 4 aromatic heterocycles. The molecule has 0 bridgehead atoms. The van der Waals surface area contributed by atoms with E-state index in [-0.39, 0.29) is 30.8 Å². The van der Waals surface area contributed by atoms with Crippen LogP contribution >= 0.6 is 11.6 Å². The van der Waals surface area contributed by atoms with Gasteiger partial charge >= 0.3 is 5.69 Å². The third-order valence-corrected chi connectivity index (χ3v) is 9.44. The molecule has 12 nitrogen and oxygen atoms in total. The number of aliphatic hydroxyl groups excluding tert-OH is 1. The van der Waals surface area contributed by atoms with Gasteiger partial charge in [-0.1, -0.05) is 29.8 Å². The topological polar surface area (TPSA) is 137 Å². The molecule has 45 heavy (non-hydrogen) atoms. The van der Waals surface area contributed by atoms with Gasteiger partial charge in [-0.25, -0.2) is 19.7 Å². The second-order valence-corrected chi connectivity index (χ2v) is 12.2. The predicted molar refractivity (Wildman–Crippen MR) is 174 cm³/mol. The van der Waals surface area contributed by atoms with E-state index in [1.165, 1.54) is 0 Å². The highest BCUT2D eigenvalue weighted by Crippen LogP contribution is 2.39. The van der Waals surface area contributed by atoms with Crippen LogP contribution in [0.3, 0.4) is 0 Å². The second-order valence-electron chi connectivity index (χ2n) is 11.8. The lowest BCUT2D eigenvalue weighted by molar-refractivity contribution is -0.133. The van der Waals surface area contributed by atoms with Crippen molar-refractivity contribution in [2.75, 3.05) is 44.2 Å². The van der Waals surface area contributed by atoms with E-state index in [1.807, 2.05) is 52.1 Å². The van der Waals surface area contributed by atoms with Crippen LogP contribution in [-0.4, -0.2) is 90.4 Å². The first-order valence-electron chi connectivity index (χ1n) is 15.5. The first-order valence-corrected chi connectivity index (χ1v) is 15.9. The van der Waals surface area contributed by atoms with Gasteiger partial charge in [-0.2, -0.15) is 0 Å². The number of pyridine rings is 1. The van der Waals surface area contributed by atoms with Crippen molar-refractivity contribution in [1.29, 1.82) is 0 Å². The molecule has 1 aromatic carbocycles. The Morgan fingerprint density at radius 3 is 2.58 bits per heavy atom. The largest absolute Gasteiger partial charge is 0.395 e. The number of imidazole rings is 1. The Morgan fingerprint density at radius 2 is 1.80 bits per heavy atom. The Bertz CT molecular complexity index is 1880. The number of hydrogen-bond donors (Lipinski definition) is 3. The average Bonchev–Trinajstić information content (AvgIpc) is 3.61. The van der Waals surface area contributed by atoms with Crippen molar-refractivity contribution in [2.45, 2.75) is 44.3 Å². The molecule has 0 unspecified atom stereocenters. The summed E-state index contributed by atoms with van der Waals surface area (Å²) >= 11 is 6.71. The number of nitrogens with one attached hydrogen (secondary N) is 2. The van der Waals surface area contributed by atoms with Crippen molar-refractivity contribution in [1.82, 2.24) is 39.3 Å². The number of aromatic nitrogens is 6. The number of benzene rings is 1. The fourth-order valence-electron chi connectivity index (χ4n) is 6.86. The van der Waals surface area contributed by atoms with Gasteiger partial charge in [0.05, 0.1) is 17.5 Å². The number of fused-ring (bicyclic) bond motifs is 2. The summed E-state index contributed by atoms with van der Waals surface area (Å²) in [5.41, 5.74) is 3.66. The van der Waals surface area contributed by atoms with Crippen molar-refractivity contribution in [2.24, 2.45) is 0 Å². The van der Waals surface area contributed by atoms with Gasteiger partial charge < -0.3 is 24.8 Å². The highest BCUT2D eigenvalue weighted by atomic mass is 35.5. The number of carbonyl (C=O) groups is 1. The number of nitrogens with zero attached hydrogens (tertiary/aromatic N) is 7. The molecule has 0 saturated carbocycles. The number of H-pyrrole nitrogens is 1. The predicted octanol–water partition coefficient (Wildman–Crippen LogP) is 3.20. The minimum Gasteiger partial charge on any atom is -0.395 e. The highest BCUT2D eigenvalue weighted by molar-refractivity contribution is 6.33. The zero-order chi connectivity index (χ0) is 30.9. The fourth-order valence-corrected chi connectivity index (χ4v) is 7.09. The fraction of sp³-hybridized carbons (Fsp3) is 0.406. The molecule has 234 valence electrons. The van der Waals surface area contributed by atoms with Gasteiger partial charge in [0, 0.05) is 73.4 Å². The number of likely N-dealkylation sites (tertiary alicyclic amines) is 1. The van der Waals surface area contributed by atoms with Crippen LogP contribution in [-0.2, 0) is 11.3 Å². The van der Waals surface area contributed by atoms with E-state index in [0.29, 0.717) is 54.8 Å².